The molecule has 1 aromatic heterocycles. The number of carbonyl (C=O) groups is 1. The van der Waals surface area contributed by atoms with Gasteiger partial charge < -0.3 is 5.11 Å². The number of aryl methyl sites for hydroxylation is 1. The third kappa shape index (κ3) is 3.31. The lowest BCUT2D eigenvalue weighted by Gasteiger charge is -2.00. The summed E-state index contributed by atoms with van der Waals surface area (Å²) in [6.45, 7) is 0. The number of hydrogen-bond acceptors (Lipinski definition) is 6. The van der Waals surface area contributed by atoms with Gasteiger partial charge in [-0.15, -0.1) is 5.10 Å². The number of halogens is 1. The number of hydrogen-bond donors (Lipinski definition) is 1. The molecule has 0 aliphatic carbocycles. The fraction of sp³-hybridized carbons (Fsp3) is 0.182. The molecule has 0 saturated heterocycles. The Morgan fingerprint density at radius 3 is 2.90 bits per heavy atom. The van der Waals surface area contributed by atoms with E-state index in [4.69, 9.17) is 16.7 Å². The summed E-state index contributed by atoms with van der Waals surface area (Å²) in [5.41, 5.74) is -0.0928. The summed E-state index contributed by atoms with van der Waals surface area (Å²) in [7, 11) is 1.57. The van der Waals surface area contributed by atoms with E-state index in [0.717, 1.165) is 11.8 Å². The zero-order valence-electron chi connectivity index (χ0n) is 10.7. The molecule has 8 nitrogen and oxygen atoms in total. The van der Waals surface area contributed by atoms with Crippen LogP contribution < -0.4 is 0 Å². The summed E-state index contributed by atoms with van der Waals surface area (Å²) in [4.78, 5) is 25.2. The first-order valence-corrected chi connectivity index (χ1v) is 6.95. The molecule has 10 heteroatoms. The molecule has 1 heterocycles. The van der Waals surface area contributed by atoms with Gasteiger partial charge in [0.2, 0.25) is 0 Å². The van der Waals surface area contributed by atoms with Crippen molar-refractivity contribution in [2.24, 2.45) is 7.05 Å². The molecule has 0 unspecified atom stereocenters. The third-order valence-electron chi connectivity index (χ3n) is 2.46. The minimum atomic E-state index is -0.992. The first-order chi connectivity index (χ1) is 9.90. The lowest BCUT2D eigenvalue weighted by molar-refractivity contribution is -0.384. The van der Waals surface area contributed by atoms with Crippen LogP contribution in [0.4, 0.5) is 5.69 Å². The number of aliphatic carboxylic acids is 1. The van der Waals surface area contributed by atoms with Crippen LogP contribution in [0.5, 0.6) is 0 Å². The molecule has 0 amide bonds. The number of benzene rings is 1. The summed E-state index contributed by atoms with van der Waals surface area (Å²) in [5, 5.41) is 24.3. The van der Waals surface area contributed by atoms with Crippen LogP contribution in [0.2, 0.25) is 5.02 Å². The molecule has 1 aromatic carbocycles. The fourth-order valence-corrected chi connectivity index (χ4v) is 2.50. The maximum Gasteiger partial charge on any atom is 0.313 e. The summed E-state index contributed by atoms with van der Waals surface area (Å²) in [6.07, 6.45) is 0. The van der Waals surface area contributed by atoms with Crippen molar-refractivity contribution in [1.29, 1.82) is 0 Å². The molecule has 2 rings (SSSR count). The summed E-state index contributed by atoms with van der Waals surface area (Å²) in [5.74, 6) is -1.09. The van der Waals surface area contributed by atoms with Crippen molar-refractivity contribution in [2.75, 3.05) is 5.75 Å². The second kappa shape index (κ2) is 6.10. The fourth-order valence-electron chi connectivity index (χ4n) is 1.61. The lowest BCUT2D eigenvalue weighted by atomic mass is 10.1. The molecule has 2 aromatic rings. The molecule has 1 N–H and O–H groups in total. The molecule has 0 aliphatic rings. The van der Waals surface area contributed by atoms with E-state index in [2.05, 4.69) is 10.1 Å². The van der Waals surface area contributed by atoms with Crippen molar-refractivity contribution in [3.05, 3.63) is 33.3 Å². The van der Waals surface area contributed by atoms with E-state index in [-0.39, 0.29) is 27.9 Å². The zero-order chi connectivity index (χ0) is 15.6. The molecule has 0 atom stereocenters. The smallest absolute Gasteiger partial charge is 0.313 e. The second-order valence-corrected chi connectivity index (χ2v) is 5.26. The second-order valence-electron chi connectivity index (χ2n) is 3.92. The number of carboxylic acid groups (broad SMARTS) is 1. The van der Waals surface area contributed by atoms with E-state index in [1.165, 1.54) is 22.9 Å². The van der Waals surface area contributed by atoms with E-state index in [1.807, 2.05) is 0 Å². The Morgan fingerprint density at radius 2 is 2.29 bits per heavy atom. The van der Waals surface area contributed by atoms with Gasteiger partial charge in [0.1, 0.15) is 5.56 Å². The van der Waals surface area contributed by atoms with Crippen LogP contribution in [0.1, 0.15) is 0 Å². The van der Waals surface area contributed by atoms with Gasteiger partial charge in [0.15, 0.2) is 11.0 Å². The van der Waals surface area contributed by atoms with Gasteiger partial charge in [-0.25, -0.2) is 9.67 Å². The van der Waals surface area contributed by atoms with Gasteiger partial charge in [-0.1, -0.05) is 29.4 Å². The van der Waals surface area contributed by atoms with Crippen LogP contribution in [-0.2, 0) is 11.8 Å². The molecule has 0 aliphatic heterocycles. The third-order valence-corrected chi connectivity index (χ3v) is 3.78. The van der Waals surface area contributed by atoms with E-state index >= 15 is 0 Å². The number of nitrogens with zero attached hydrogens (tertiary/aromatic N) is 4. The predicted molar refractivity (Wildman–Crippen MR) is 76.5 cm³/mol. The Labute approximate surface area is 127 Å². The number of carboxylic acids is 1. The van der Waals surface area contributed by atoms with Crippen molar-refractivity contribution in [3.63, 3.8) is 0 Å². The highest BCUT2D eigenvalue weighted by Gasteiger charge is 2.23. The first kappa shape index (κ1) is 15.3. The Balaban J connectivity index is 2.46. The molecule has 0 radical (unpaired) electrons. The monoisotopic (exact) mass is 328 g/mol. The molecule has 110 valence electrons. The van der Waals surface area contributed by atoms with Crippen LogP contribution in [-0.4, -0.2) is 36.5 Å². The molecule has 0 bridgehead atoms. The average Bonchev–Trinajstić information content (AvgIpc) is 2.76. The van der Waals surface area contributed by atoms with Gasteiger partial charge in [-0.05, 0) is 6.07 Å². The quantitative estimate of drug-likeness (QED) is 0.508. The van der Waals surface area contributed by atoms with Crippen LogP contribution in [0.3, 0.4) is 0 Å². The minimum Gasteiger partial charge on any atom is -0.481 e. The van der Waals surface area contributed by atoms with Crippen LogP contribution >= 0.6 is 23.4 Å². The van der Waals surface area contributed by atoms with Gasteiger partial charge >= 0.3 is 5.97 Å². The van der Waals surface area contributed by atoms with Gasteiger partial charge in [0.25, 0.3) is 5.69 Å². The number of aromatic nitrogens is 3. The van der Waals surface area contributed by atoms with Crippen molar-refractivity contribution in [2.45, 2.75) is 5.16 Å². The van der Waals surface area contributed by atoms with E-state index < -0.39 is 10.9 Å². The standard InChI is InChI=1S/C11H9ClN4O4S/c1-15-11(21-5-8(17)18)13-10(14-15)9-6(12)3-2-4-7(9)16(19)20/h2-4H,5H2,1H3,(H,17,18). The van der Waals surface area contributed by atoms with Crippen LogP contribution in [0.15, 0.2) is 23.4 Å². The van der Waals surface area contributed by atoms with Gasteiger partial charge in [-0.3, -0.25) is 14.9 Å². The Morgan fingerprint density at radius 1 is 1.57 bits per heavy atom. The first-order valence-electron chi connectivity index (χ1n) is 5.59. The minimum absolute atomic E-state index is 0.0858. The summed E-state index contributed by atoms with van der Waals surface area (Å²) in [6, 6.07) is 4.28. The van der Waals surface area contributed by atoms with Crippen LogP contribution in [0.25, 0.3) is 11.4 Å². The highest BCUT2D eigenvalue weighted by Crippen LogP contribution is 2.35. The Kier molecular flexibility index (Phi) is 4.43. The molecule has 0 saturated carbocycles. The largest absolute Gasteiger partial charge is 0.481 e. The predicted octanol–water partition coefficient (Wildman–Crippen LogP) is 2.22. The molecular weight excluding hydrogens is 320 g/mol. The van der Waals surface area contributed by atoms with E-state index in [0.29, 0.717) is 5.16 Å². The molecule has 21 heavy (non-hydrogen) atoms. The highest BCUT2D eigenvalue weighted by molar-refractivity contribution is 7.99. The van der Waals surface area contributed by atoms with Gasteiger partial charge in [0, 0.05) is 13.1 Å². The normalized spacial score (nSPS) is 10.6. The topological polar surface area (TPSA) is 111 Å². The van der Waals surface area contributed by atoms with Crippen molar-refractivity contribution in [3.8, 4) is 11.4 Å². The summed E-state index contributed by atoms with van der Waals surface area (Å²) >= 11 is 6.97. The highest BCUT2D eigenvalue weighted by atomic mass is 35.5. The summed E-state index contributed by atoms with van der Waals surface area (Å²) < 4.78 is 1.36. The zero-order valence-corrected chi connectivity index (χ0v) is 12.3. The van der Waals surface area contributed by atoms with Gasteiger partial charge in [0.05, 0.1) is 15.7 Å². The number of nitro groups is 1. The van der Waals surface area contributed by atoms with E-state index in [9.17, 15) is 14.9 Å². The average molecular weight is 329 g/mol. The molecular formula is C11H9ClN4O4S. The maximum atomic E-state index is 11.1. The van der Waals surface area contributed by atoms with Crippen molar-refractivity contribution in [1.82, 2.24) is 14.8 Å². The van der Waals surface area contributed by atoms with Crippen molar-refractivity contribution < 1.29 is 14.8 Å². The van der Waals surface area contributed by atoms with Gasteiger partial charge in [-0.2, -0.15) is 0 Å². The Hall–Kier alpha value is -2.13. The number of rotatable bonds is 5. The molecule has 0 fully saturated rings. The number of nitro benzene ring substituents is 1. The lowest BCUT2D eigenvalue weighted by Crippen LogP contribution is -2.00. The Bertz CT molecular complexity index is 718. The van der Waals surface area contributed by atoms with E-state index in [1.54, 1.807) is 7.05 Å². The van der Waals surface area contributed by atoms with Crippen molar-refractivity contribution >= 4 is 35.0 Å². The van der Waals surface area contributed by atoms with Crippen LogP contribution in [0, 0.1) is 10.1 Å². The maximum absolute atomic E-state index is 11.1. The number of thioether (sulfide) groups is 1. The molecule has 0 spiro atoms. The SMILES string of the molecule is Cn1nc(-c2c(Cl)cccc2[N+](=O)[O-])nc1SCC(=O)O.